The van der Waals surface area contributed by atoms with E-state index in [-0.39, 0.29) is 5.97 Å². The van der Waals surface area contributed by atoms with E-state index in [1.807, 2.05) is 41.1 Å². The number of thiophene rings is 1. The fourth-order valence-corrected chi connectivity index (χ4v) is 2.59. The summed E-state index contributed by atoms with van der Waals surface area (Å²) in [6.07, 6.45) is 0. The summed E-state index contributed by atoms with van der Waals surface area (Å²) in [5.41, 5.74) is 4.12. The Labute approximate surface area is 126 Å². The van der Waals surface area contributed by atoms with Gasteiger partial charge in [0.1, 0.15) is 0 Å². The van der Waals surface area contributed by atoms with Gasteiger partial charge in [0.25, 0.3) is 0 Å². The summed E-state index contributed by atoms with van der Waals surface area (Å²) < 4.78 is 4.67. The van der Waals surface area contributed by atoms with Crippen molar-refractivity contribution < 1.29 is 9.53 Å². The number of esters is 1. The minimum atomic E-state index is -0.347. The molecule has 0 aliphatic rings. The first-order chi connectivity index (χ1) is 10.3. The van der Waals surface area contributed by atoms with Gasteiger partial charge in [-0.25, -0.2) is 4.79 Å². The molecule has 0 saturated carbocycles. The third-order valence-corrected chi connectivity index (χ3v) is 3.77. The second-order valence-electron chi connectivity index (χ2n) is 4.38. The van der Waals surface area contributed by atoms with Gasteiger partial charge in [-0.1, -0.05) is 12.1 Å². The van der Waals surface area contributed by atoms with Gasteiger partial charge in [0.2, 0.25) is 0 Å². The maximum absolute atomic E-state index is 11.4. The van der Waals surface area contributed by atoms with E-state index in [1.54, 1.807) is 23.5 Å². The number of carbonyl (C=O) groups is 1. The molecule has 5 heteroatoms. The maximum atomic E-state index is 11.4. The van der Waals surface area contributed by atoms with E-state index < -0.39 is 0 Å². The summed E-state index contributed by atoms with van der Waals surface area (Å²) in [4.78, 5) is 11.4. The molecule has 2 heterocycles. The minimum absolute atomic E-state index is 0.347. The molecule has 0 fully saturated rings. The van der Waals surface area contributed by atoms with Crippen molar-refractivity contribution in [2.24, 2.45) is 0 Å². The Kier molecular flexibility index (Phi) is 3.75. The van der Waals surface area contributed by atoms with Crippen LogP contribution in [-0.4, -0.2) is 23.3 Å². The molecule has 0 N–H and O–H groups in total. The highest BCUT2D eigenvalue weighted by Crippen LogP contribution is 2.22. The number of carbonyl (C=O) groups excluding carboxylic acids is 1. The van der Waals surface area contributed by atoms with Crippen LogP contribution in [-0.2, 0) is 4.74 Å². The quantitative estimate of drug-likeness (QED) is 0.692. The van der Waals surface area contributed by atoms with Crippen LogP contribution in [0.2, 0.25) is 0 Å². The Bertz CT molecular complexity index is 735. The van der Waals surface area contributed by atoms with Gasteiger partial charge in [-0.05, 0) is 35.7 Å². The molecular weight excluding hydrogens is 284 g/mol. The smallest absolute Gasteiger partial charge is 0.337 e. The van der Waals surface area contributed by atoms with Crippen LogP contribution in [0.25, 0.3) is 22.5 Å². The first-order valence-electron chi connectivity index (χ1n) is 6.33. The summed E-state index contributed by atoms with van der Waals surface area (Å²) in [5.74, 6) is -0.347. The zero-order valence-corrected chi connectivity index (χ0v) is 12.1. The lowest BCUT2D eigenvalue weighted by Gasteiger charge is -2.03. The average Bonchev–Trinajstić information content (AvgIpc) is 3.09. The van der Waals surface area contributed by atoms with Crippen LogP contribution in [0.1, 0.15) is 10.4 Å². The topological polar surface area (TPSA) is 52.1 Å². The van der Waals surface area contributed by atoms with Crippen molar-refractivity contribution in [1.29, 1.82) is 0 Å². The van der Waals surface area contributed by atoms with Crippen LogP contribution >= 0.6 is 11.3 Å². The van der Waals surface area contributed by atoms with Gasteiger partial charge < -0.3 is 4.74 Å². The third-order valence-electron chi connectivity index (χ3n) is 3.08. The van der Waals surface area contributed by atoms with E-state index in [0.717, 1.165) is 22.5 Å². The molecule has 0 radical (unpaired) electrons. The molecule has 2 aromatic heterocycles. The predicted octanol–water partition coefficient (Wildman–Crippen LogP) is 3.66. The van der Waals surface area contributed by atoms with Gasteiger partial charge >= 0.3 is 5.97 Å². The van der Waals surface area contributed by atoms with Crippen LogP contribution in [0.4, 0.5) is 0 Å². The van der Waals surface area contributed by atoms with Crippen molar-refractivity contribution in [2.45, 2.75) is 0 Å². The van der Waals surface area contributed by atoms with Gasteiger partial charge in [-0.3, -0.25) is 0 Å². The van der Waals surface area contributed by atoms with Crippen molar-refractivity contribution in [3.05, 3.63) is 58.8 Å². The molecule has 4 nitrogen and oxygen atoms in total. The summed E-state index contributed by atoms with van der Waals surface area (Å²) in [5, 5.41) is 12.5. The second kappa shape index (κ2) is 5.85. The lowest BCUT2D eigenvalue weighted by Crippen LogP contribution is -2.00. The van der Waals surface area contributed by atoms with Crippen molar-refractivity contribution >= 4 is 17.3 Å². The number of benzene rings is 1. The van der Waals surface area contributed by atoms with E-state index in [4.69, 9.17) is 0 Å². The zero-order chi connectivity index (χ0) is 14.7. The van der Waals surface area contributed by atoms with Crippen molar-refractivity contribution in [3.63, 3.8) is 0 Å². The highest BCUT2D eigenvalue weighted by molar-refractivity contribution is 7.08. The van der Waals surface area contributed by atoms with Crippen molar-refractivity contribution in [2.75, 3.05) is 7.11 Å². The largest absolute Gasteiger partial charge is 0.465 e. The third kappa shape index (κ3) is 2.83. The fourth-order valence-electron chi connectivity index (χ4n) is 1.95. The van der Waals surface area contributed by atoms with Crippen molar-refractivity contribution in [1.82, 2.24) is 10.2 Å². The molecule has 0 saturated heterocycles. The van der Waals surface area contributed by atoms with Gasteiger partial charge in [0.05, 0.1) is 24.1 Å². The first-order valence-corrected chi connectivity index (χ1v) is 7.27. The molecule has 21 heavy (non-hydrogen) atoms. The van der Waals surface area contributed by atoms with Gasteiger partial charge in [0, 0.05) is 16.5 Å². The lowest BCUT2D eigenvalue weighted by atomic mass is 10.1. The Balaban J connectivity index is 1.85. The van der Waals surface area contributed by atoms with Gasteiger partial charge in [-0.15, -0.1) is 10.2 Å². The van der Waals surface area contributed by atoms with Crippen LogP contribution in [0, 0.1) is 0 Å². The number of hydrogen-bond acceptors (Lipinski definition) is 5. The number of hydrogen-bond donors (Lipinski definition) is 0. The van der Waals surface area contributed by atoms with Gasteiger partial charge in [-0.2, -0.15) is 11.3 Å². The predicted molar refractivity (Wildman–Crippen MR) is 82.1 cm³/mol. The Morgan fingerprint density at radius 3 is 2.14 bits per heavy atom. The molecule has 0 spiro atoms. The van der Waals surface area contributed by atoms with Crippen LogP contribution in [0.15, 0.2) is 53.2 Å². The monoisotopic (exact) mass is 296 g/mol. The molecule has 0 amide bonds. The highest BCUT2D eigenvalue weighted by Gasteiger charge is 2.07. The molecule has 0 atom stereocenters. The molecule has 0 bridgehead atoms. The molecule has 3 rings (SSSR count). The van der Waals surface area contributed by atoms with E-state index in [1.165, 1.54) is 7.11 Å². The SMILES string of the molecule is COC(=O)c1ccc(-c2ccc(-c3ccsc3)nn2)cc1. The average molecular weight is 296 g/mol. The highest BCUT2D eigenvalue weighted by atomic mass is 32.1. The summed E-state index contributed by atoms with van der Waals surface area (Å²) in [6, 6.07) is 13.0. The summed E-state index contributed by atoms with van der Waals surface area (Å²) >= 11 is 1.63. The van der Waals surface area contributed by atoms with E-state index in [2.05, 4.69) is 14.9 Å². The number of ether oxygens (including phenoxy) is 1. The van der Waals surface area contributed by atoms with Crippen LogP contribution < -0.4 is 0 Å². The minimum Gasteiger partial charge on any atom is -0.465 e. The van der Waals surface area contributed by atoms with E-state index in [9.17, 15) is 4.79 Å². The Morgan fingerprint density at radius 2 is 1.62 bits per heavy atom. The normalized spacial score (nSPS) is 10.3. The number of aromatic nitrogens is 2. The lowest BCUT2D eigenvalue weighted by molar-refractivity contribution is 0.0601. The molecule has 3 aromatic rings. The molecule has 104 valence electrons. The standard InChI is InChI=1S/C16H12N2O2S/c1-20-16(19)12-4-2-11(3-5-12)14-6-7-15(18-17-14)13-8-9-21-10-13/h2-10H,1H3. The molecule has 0 aliphatic carbocycles. The number of rotatable bonds is 3. The molecular formula is C16H12N2O2S. The van der Waals surface area contributed by atoms with E-state index >= 15 is 0 Å². The molecule has 1 aromatic carbocycles. The van der Waals surface area contributed by atoms with Gasteiger partial charge in [0.15, 0.2) is 0 Å². The molecule has 0 aliphatic heterocycles. The maximum Gasteiger partial charge on any atom is 0.337 e. The Hall–Kier alpha value is -2.53. The number of methoxy groups -OCH3 is 1. The Morgan fingerprint density at radius 1 is 0.952 bits per heavy atom. The summed E-state index contributed by atoms with van der Waals surface area (Å²) in [7, 11) is 1.37. The number of nitrogens with zero attached hydrogens (tertiary/aromatic N) is 2. The van der Waals surface area contributed by atoms with Crippen molar-refractivity contribution in [3.8, 4) is 22.5 Å². The first kappa shape index (κ1) is 13.5. The van der Waals surface area contributed by atoms with E-state index in [0.29, 0.717) is 5.56 Å². The fraction of sp³-hybridized carbons (Fsp3) is 0.0625. The second-order valence-corrected chi connectivity index (χ2v) is 5.16. The van der Waals surface area contributed by atoms with Crippen LogP contribution in [0.3, 0.4) is 0 Å². The van der Waals surface area contributed by atoms with Crippen LogP contribution in [0.5, 0.6) is 0 Å². The molecule has 0 unspecified atom stereocenters. The zero-order valence-electron chi connectivity index (χ0n) is 11.3. The summed E-state index contributed by atoms with van der Waals surface area (Å²) in [6.45, 7) is 0.